The molecule has 0 unspecified atom stereocenters. The zero-order valence-electron chi connectivity index (χ0n) is 11.2. The van der Waals surface area contributed by atoms with Crippen LogP contribution in [0.25, 0.3) is 0 Å². The first kappa shape index (κ1) is 13.7. The number of carbonyl (C=O) groups excluding carboxylic acids is 1. The Balaban J connectivity index is 2.23. The average Bonchev–Trinajstić information content (AvgIpc) is 2.49. The number of nitrogens with one attached hydrogen (secondary N) is 1. The summed E-state index contributed by atoms with van der Waals surface area (Å²) in [6.07, 6.45) is 3.00. The lowest BCUT2D eigenvalue weighted by atomic mass is 10.2. The van der Waals surface area contributed by atoms with Crippen molar-refractivity contribution in [2.75, 3.05) is 25.3 Å². The number of nitrogens with zero attached hydrogens (tertiary/aromatic N) is 1. The smallest absolute Gasteiger partial charge is 0.259 e. The van der Waals surface area contributed by atoms with Crippen LogP contribution in [0.5, 0.6) is 11.5 Å². The van der Waals surface area contributed by atoms with E-state index in [1.807, 2.05) is 0 Å². The van der Waals surface area contributed by atoms with Gasteiger partial charge in [0.2, 0.25) is 0 Å². The molecule has 0 fully saturated rings. The van der Waals surface area contributed by atoms with Crippen molar-refractivity contribution in [3.05, 3.63) is 42.2 Å². The molecule has 1 heterocycles. The third kappa shape index (κ3) is 2.80. The van der Waals surface area contributed by atoms with E-state index in [4.69, 9.17) is 15.2 Å². The summed E-state index contributed by atoms with van der Waals surface area (Å²) in [7, 11) is 3.03. The van der Waals surface area contributed by atoms with E-state index in [1.165, 1.54) is 19.5 Å². The second kappa shape index (κ2) is 5.92. The van der Waals surface area contributed by atoms with Crippen LogP contribution in [0.15, 0.2) is 36.7 Å². The quantitative estimate of drug-likeness (QED) is 0.831. The maximum absolute atomic E-state index is 12.2. The number of aromatic nitrogens is 1. The summed E-state index contributed by atoms with van der Waals surface area (Å²) >= 11 is 0. The molecule has 0 aliphatic heterocycles. The third-order valence-corrected chi connectivity index (χ3v) is 2.76. The summed E-state index contributed by atoms with van der Waals surface area (Å²) < 4.78 is 10.2. The molecule has 6 nitrogen and oxygen atoms in total. The molecule has 6 heteroatoms. The standard InChI is InChI=1S/C14H15N3O3/c1-19-9-3-4-12(11(15)7-9)17-14(18)10-5-6-16-8-13(10)20-2/h3-8H,15H2,1-2H3,(H,17,18). The number of hydrogen-bond acceptors (Lipinski definition) is 5. The summed E-state index contributed by atoms with van der Waals surface area (Å²) in [4.78, 5) is 16.1. The number of rotatable bonds is 4. The summed E-state index contributed by atoms with van der Waals surface area (Å²) in [5, 5.41) is 2.73. The predicted molar refractivity (Wildman–Crippen MR) is 76.1 cm³/mol. The number of ether oxygens (including phenoxy) is 2. The lowest BCUT2D eigenvalue weighted by molar-refractivity contribution is 0.102. The van der Waals surface area contributed by atoms with Gasteiger partial charge in [-0.05, 0) is 18.2 Å². The molecule has 2 rings (SSSR count). The van der Waals surface area contributed by atoms with Gasteiger partial charge in [0.15, 0.2) is 0 Å². The molecule has 0 aliphatic carbocycles. The lowest BCUT2D eigenvalue weighted by Gasteiger charge is -2.11. The molecule has 104 valence electrons. The molecule has 0 bridgehead atoms. The Hall–Kier alpha value is -2.76. The number of benzene rings is 1. The van der Waals surface area contributed by atoms with Crippen LogP contribution >= 0.6 is 0 Å². The minimum absolute atomic E-state index is 0.318. The van der Waals surface area contributed by atoms with E-state index in [0.717, 1.165) is 0 Å². The van der Waals surface area contributed by atoms with E-state index >= 15 is 0 Å². The van der Waals surface area contributed by atoms with Crippen LogP contribution in [0, 0.1) is 0 Å². The zero-order valence-corrected chi connectivity index (χ0v) is 11.2. The minimum Gasteiger partial charge on any atom is -0.497 e. The summed E-state index contributed by atoms with van der Waals surface area (Å²) in [5.74, 6) is 0.709. The molecule has 0 saturated carbocycles. The number of amides is 1. The second-order valence-electron chi connectivity index (χ2n) is 3.98. The van der Waals surface area contributed by atoms with Crippen LogP contribution in [-0.2, 0) is 0 Å². The number of pyridine rings is 1. The molecule has 2 aromatic rings. The Morgan fingerprint density at radius 1 is 1.25 bits per heavy atom. The summed E-state index contributed by atoms with van der Waals surface area (Å²) in [5.41, 5.74) is 7.17. The van der Waals surface area contributed by atoms with E-state index in [0.29, 0.717) is 28.4 Å². The van der Waals surface area contributed by atoms with E-state index in [2.05, 4.69) is 10.3 Å². The van der Waals surface area contributed by atoms with Crippen LogP contribution < -0.4 is 20.5 Å². The molecule has 0 spiro atoms. The fourth-order valence-corrected chi connectivity index (χ4v) is 1.70. The van der Waals surface area contributed by atoms with Crippen molar-refractivity contribution in [1.29, 1.82) is 0 Å². The van der Waals surface area contributed by atoms with Gasteiger partial charge in [-0.15, -0.1) is 0 Å². The normalized spacial score (nSPS) is 9.90. The molecule has 1 amide bonds. The van der Waals surface area contributed by atoms with Gasteiger partial charge < -0.3 is 20.5 Å². The molecule has 20 heavy (non-hydrogen) atoms. The van der Waals surface area contributed by atoms with Crippen molar-refractivity contribution in [1.82, 2.24) is 4.98 Å². The third-order valence-electron chi connectivity index (χ3n) is 2.76. The number of anilines is 2. The number of hydrogen-bond donors (Lipinski definition) is 2. The Morgan fingerprint density at radius 3 is 2.70 bits per heavy atom. The highest BCUT2D eigenvalue weighted by Gasteiger charge is 2.13. The summed E-state index contributed by atoms with van der Waals surface area (Å²) in [6.45, 7) is 0. The van der Waals surface area contributed by atoms with Crippen molar-refractivity contribution in [3.63, 3.8) is 0 Å². The summed E-state index contributed by atoms with van der Waals surface area (Å²) in [6, 6.07) is 6.61. The molecule has 3 N–H and O–H groups in total. The molecule has 0 aliphatic rings. The Labute approximate surface area is 116 Å². The van der Waals surface area contributed by atoms with Gasteiger partial charge in [0.1, 0.15) is 11.5 Å². The molecule has 1 aromatic heterocycles. The second-order valence-corrected chi connectivity index (χ2v) is 3.98. The van der Waals surface area contributed by atoms with E-state index in [9.17, 15) is 4.79 Å². The van der Waals surface area contributed by atoms with Gasteiger partial charge in [-0.1, -0.05) is 0 Å². The highest BCUT2D eigenvalue weighted by atomic mass is 16.5. The average molecular weight is 273 g/mol. The highest BCUT2D eigenvalue weighted by Crippen LogP contribution is 2.25. The van der Waals surface area contributed by atoms with Crippen LogP contribution in [-0.4, -0.2) is 25.1 Å². The van der Waals surface area contributed by atoms with Crippen molar-refractivity contribution in [2.24, 2.45) is 0 Å². The Bertz CT molecular complexity index is 629. The number of methoxy groups -OCH3 is 2. The van der Waals surface area contributed by atoms with Crippen LogP contribution in [0.2, 0.25) is 0 Å². The van der Waals surface area contributed by atoms with Crippen LogP contribution in [0.3, 0.4) is 0 Å². The van der Waals surface area contributed by atoms with Gasteiger partial charge >= 0.3 is 0 Å². The monoisotopic (exact) mass is 273 g/mol. The van der Waals surface area contributed by atoms with Gasteiger partial charge in [-0.2, -0.15) is 0 Å². The van der Waals surface area contributed by atoms with Crippen molar-refractivity contribution >= 4 is 17.3 Å². The predicted octanol–water partition coefficient (Wildman–Crippen LogP) is 1.93. The molecule has 0 saturated heterocycles. The largest absolute Gasteiger partial charge is 0.497 e. The highest BCUT2D eigenvalue weighted by molar-refractivity contribution is 6.07. The molecular formula is C14H15N3O3. The maximum Gasteiger partial charge on any atom is 0.259 e. The topological polar surface area (TPSA) is 86.5 Å². The Kier molecular flexibility index (Phi) is 4.05. The molecule has 0 radical (unpaired) electrons. The van der Waals surface area contributed by atoms with E-state index < -0.39 is 0 Å². The number of nitrogens with two attached hydrogens (primary N) is 1. The van der Waals surface area contributed by atoms with Gasteiger partial charge in [0, 0.05) is 12.3 Å². The van der Waals surface area contributed by atoms with Crippen molar-refractivity contribution < 1.29 is 14.3 Å². The first-order valence-electron chi connectivity index (χ1n) is 5.88. The van der Waals surface area contributed by atoms with Crippen molar-refractivity contribution in [2.45, 2.75) is 0 Å². The SMILES string of the molecule is COc1ccc(NC(=O)c2ccncc2OC)c(N)c1. The van der Waals surface area contributed by atoms with Crippen LogP contribution in [0.4, 0.5) is 11.4 Å². The minimum atomic E-state index is -0.318. The maximum atomic E-state index is 12.2. The van der Waals surface area contributed by atoms with E-state index in [1.54, 1.807) is 31.4 Å². The van der Waals surface area contributed by atoms with E-state index in [-0.39, 0.29) is 5.91 Å². The van der Waals surface area contributed by atoms with Gasteiger partial charge in [-0.25, -0.2) is 0 Å². The lowest BCUT2D eigenvalue weighted by Crippen LogP contribution is -2.14. The molecule has 1 aromatic carbocycles. The fourth-order valence-electron chi connectivity index (χ4n) is 1.70. The zero-order chi connectivity index (χ0) is 14.5. The molecular weight excluding hydrogens is 258 g/mol. The van der Waals surface area contributed by atoms with Crippen molar-refractivity contribution in [3.8, 4) is 11.5 Å². The molecule has 0 atom stereocenters. The first-order valence-corrected chi connectivity index (χ1v) is 5.88. The first-order chi connectivity index (χ1) is 9.65. The van der Waals surface area contributed by atoms with Gasteiger partial charge in [-0.3, -0.25) is 9.78 Å². The van der Waals surface area contributed by atoms with Gasteiger partial charge in [0.25, 0.3) is 5.91 Å². The fraction of sp³-hybridized carbons (Fsp3) is 0.143. The Morgan fingerprint density at radius 2 is 2.05 bits per heavy atom. The number of carbonyl (C=O) groups is 1. The number of nitrogen functional groups attached to an aromatic ring is 1. The van der Waals surface area contributed by atoms with Gasteiger partial charge in [0.05, 0.1) is 37.4 Å². The van der Waals surface area contributed by atoms with Crippen LogP contribution in [0.1, 0.15) is 10.4 Å².